The lowest BCUT2D eigenvalue weighted by Gasteiger charge is -2.31. The van der Waals surface area contributed by atoms with Crippen molar-refractivity contribution in [2.45, 2.75) is 53.0 Å². The van der Waals surface area contributed by atoms with Crippen molar-refractivity contribution in [3.8, 4) is 0 Å². The molecule has 2 N–H and O–H groups in total. The van der Waals surface area contributed by atoms with E-state index in [1.54, 1.807) is 0 Å². The zero-order chi connectivity index (χ0) is 14.5. The SMILES string of the molecule is CCCc1nc(C)c(CN=C(N)N2CCCC(C)C2)o1. The van der Waals surface area contributed by atoms with Crippen molar-refractivity contribution in [1.82, 2.24) is 9.88 Å². The van der Waals surface area contributed by atoms with E-state index in [-0.39, 0.29) is 0 Å². The van der Waals surface area contributed by atoms with Crippen LogP contribution in [-0.2, 0) is 13.0 Å². The third kappa shape index (κ3) is 3.74. The first-order valence-corrected chi connectivity index (χ1v) is 7.60. The maximum absolute atomic E-state index is 6.09. The van der Waals surface area contributed by atoms with Crippen LogP contribution in [0.25, 0.3) is 0 Å². The van der Waals surface area contributed by atoms with Gasteiger partial charge in [-0.05, 0) is 32.1 Å². The van der Waals surface area contributed by atoms with E-state index in [0.29, 0.717) is 18.4 Å². The number of hydrogen-bond acceptors (Lipinski definition) is 3. The second-order valence-corrected chi connectivity index (χ2v) is 5.73. The van der Waals surface area contributed by atoms with Gasteiger partial charge >= 0.3 is 0 Å². The second kappa shape index (κ2) is 6.77. The van der Waals surface area contributed by atoms with Crippen molar-refractivity contribution < 1.29 is 4.42 Å². The topological polar surface area (TPSA) is 67.7 Å². The molecule has 0 spiro atoms. The van der Waals surface area contributed by atoms with Crippen LogP contribution in [-0.4, -0.2) is 28.9 Å². The van der Waals surface area contributed by atoms with Gasteiger partial charge in [0.25, 0.3) is 0 Å². The minimum absolute atomic E-state index is 0.485. The Morgan fingerprint density at radius 2 is 2.35 bits per heavy atom. The average molecular weight is 278 g/mol. The van der Waals surface area contributed by atoms with E-state index in [1.807, 2.05) is 6.92 Å². The van der Waals surface area contributed by atoms with Crippen molar-refractivity contribution in [3.05, 3.63) is 17.3 Å². The Balaban J connectivity index is 1.97. The summed E-state index contributed by atoms with van der Waals surface area (Å²) >= 11 is 0. The number of nitrogens with two attached hydrogens (primary N) is 1. The van der Waals surface area contributed by atoms with Gasteiger partial charge in [-0.3, -0.25) is 0 Å². The molecule has 2 rings (SSSR count). The molecule has 5 heteroatoms. The Morgan fingerprint density at radius 3 is 3.05 bits per heavy atom. The zero-order valence-electron chi connectivity index (χ0n) is 12.9. The van der Waals surface area contributed by atoms with Crippen molar-refractivity contribution in [1.29, 1.82) is 0 Å². The van der Waals surface area contributed by atoms with Crippen LogP contribution in [0.5, 0.6) is 0 Å². The molecule has 0 aliphatic carbocycles. The van der Waals surface area contributed by atoms with Crippen molar-refractivity contribution in [2.75, 3.05) is 13.1 Å². The van der Waals surface area contributed by atoms with Gasteiger partial charge < -0.3 is 15.1 Å². The van der Waals surface area contributed by atoms with Crippen LogP contribution >= 0.6 is 0 Å². The largest absolute Gasteiger partial charge is 0.443 e. The standard InChI is InChI=1S/C15H26N4O/c1-4-6-14-18-12(3)13(20-14)9-17-15(16)19-8-5-7-11(2)10-19/h11H,4-10H2,1-3H3,(H2,16,17). The Morgan fingerprint density at radius 1 is 1.55 bits per heavy atom. The van der Waals surface area contributed by atoms with E-state index < -0.39 is 0 Å². The van der Waals surface area contributed by atoms with E-state index in [2.05, 4.69) is 28.7 Å². The summed E-state index contributed by atoms with van der Waals surface area (Å²) in [4.78, 5) is 11.1. The molecule has 0 aromatic carbocycles. The molecule has 112 valence electrons. The summed E-state index contributed by atoms with van der Waals surface area (Å²) in [6.07, 6.45) is 4.39. The van der Waals surface area contributed by atoms with Crippen LogP contribution in [0.2, 0.25) is 0 Å². The Kier molecular flexibility index (Phi) is 5.04. The summed E-state index contributed by atoms with van der Waals surface area (Å²) in [5.41, 5.74) is 7.02. The second-order valence-electron chi connectivity index (χ2n) is 5.73. The summed E-state index contributed by atoms with van der Waals surface area (Å²) < 4.78 is 5.72. The molecule has 1 unspecified atom stereocenters. The monoisotopic (exact) mass is 278 g/mol. The molecule has 5 nitrogen and oxygen atoms in total. The smallest absolute Gasteiger partial charge is 0.194 e. The fourth-order valence-electron chi connectivity index (χ4n) is 2.61. The highest BCUT2D eigenvalue weighted by atomic mass is 16.4. The van der Waals surface area contributed by atoms with E-state index in [9.17, 15) is 0 Å². The van der Waals surface area contributed by atoms with Gasteiger partial charge in [0, 0.05) is 19.5 Å². The fraction of sp³-hybridized carbons (Fsp3) is 0.733. The highest BCUT2D eigenvalue weighted by Crippen LogP contribution is 2.16. The lowest BCUT2D eigenvalue weighted by Crippen LogP contribution is -2.43. The molecule has 1 saturated heterocycles. The predicted octanol–water partition coefficient (Wildman–Crippen LogP) is 2.48. The first-order valence-electron chi connectivity index (χ1n) is 7.60. The molecule has 0 bridgehead atoms. The summed E-state index contributed by atoms with van der Waals surface area (Å²) in [5.74, 6) is 2.96. The highest BCUT2D eigenvalue weighted by Gasteiger charge is 2.18. The summed E-state index contributed by atoms with van der Waals surface area (Å²) in [6.45, 7) is 8.85. The maximum atomic E-state index is 6.09. The maximum Gasteiger partial charge on any atom is 0.194 e. The van der Waals surface area contributed by atoms with E-state index in [4.69, 9.17) is 10.2 Å². The molecule has 20 heavy (non-hydrogen) atoms. The molecule has 0 radical (unpaired) electrons. The molecule has 0 saturated carbocycles. The molecular weight excluding hydrogens is 252 g/mol. The third-order valence-corrected chi connectivity index (χ3v) is 3.77. The molecular formula is C15H26N4O. The van der Waals surface area contributed by atoms with Gasteiger partial charge in [0.15, 0.2) is 11.9 Å². The van der Waals surface area contributed by atoms with E-state index in [1.165, 1.54) is 12.8 Å². The normalized spacial score (nSPS) is 20.4. The lowest BCUT2D eigenvalue weighted by molar-refractivity contribution is 0.270. The lowest BCUT2D eigenvalue weighted by atomic mass is 10.0. The van der Waals surface area contributed by atoms with Crippen LogP contribution in [0.15, 0.2) is 9.41 Å². The van der Waals surface area contributed by atoms with Crippen LogP contribution in [0.4, 0.5) is 0 Å². The molecule has 1 aliphatic heterocycles. The number of piperidine rings is 1. The summed E-state index contributed by atoms with van der Waals surface area (Å²) in [7, 11) is 0. The number of aromatic nitrogens is 1. The molecule has 1 aromatic rings. The van der Waals surface area contributed by atoms with Crippen molar-refractivity contribution in [2.24, 2.45) is 16.6 Å². The molecule has 1 aliphatic rings. The van der Waals surface area contributed by atoms with Crippen molar-refractivity contribution in [3.63, 3.8) is 0 Å². The van der Waals surface area contributed by atoms with Crippen LogP contribution in [0.3, 0.4) is 0 Å². The number of hydrogen-bond donors (Lipinski definition) is 1. The highest BCUT2D eigenvalue weighted by molar-refractivity contribution is 5.78. The molecule has 0 amide bonds. The quantitative estimate of drug-likeness (QED) is 0.678. The van der Waals surface area contributed by atoms with Crippen LogP contribution in [0.1, 0.15) is 50.5 Å². The first-order chi connectivity index (χ1) is 9.60. The minimum atomic E-state index is 0.485. The van der Waals surface area contributed by atoms with Gasteiger partial charge in [0.2, 0.25) is 0 Å². The van der Waals surface area contributed by atoms with Gasteiger partial charge in [0.05, 0.1) is 5.69 Å². The number of guanidine groups is 1. The van der Waals surface area contributed by atoms with Gasteiger partial charge in [-0.15, -0.1) is 0 Å². The molecule has 2 heterocycles. The minimum Gasteiger partial charge on any atom is -0.443 e. The number of aryl methyl sites for hydroxylation is 2. The van der Waals surface area contributed by atoms with Crippen LogP contribution < -0.4 is 5.73 Å². The predicted molar refractivity (Wildman–Crippen MR) is 80.5 cm³/mol. The van der Waals surface area contributed by atoms with Gasteiger partial charge in [-0.1, -0.05) is 13.8 Å². The Hall–Kier alpha value is -1.52. The van der Waals surface area contributed by atoms with Gasteiger partial charge in [-0.25, -0.2) is 9.98 Å². The number of rotatable bonds is 4. The van der Waals surface area contributed by atoms with Gasteiger partial charge in [-0.2, -0.15) is 0 Å². The Labute approximate surface area is 121 Å². The first kappa shape index (κ1) is 14.9. The zero-order valence-corrected chi connectivity index (χ0v) is 12.9. The number of nitrogens with zero attached hydrogens (tertiary/aromatic N) is 3. The summed E-state index contributed by atoms with van der Waals surface area (Å²) in [5, 5.41) is 0. The van der Waals surface area contributed by atoms with E-state index in [0.717, 1.165) is 43.3 Å². The molecule has 1 atom stereocenters. The van der Waals surface area contributed by atoms with Crippen molar-refractivity contribution >= 4 is 5.96 Å². The number of likely N-dealkylation sites (tertiary alicyclic amines) is 1. The molecule has 1 fully saturated rings. The number of aliphatic imine (C=N–C) groups is 1. The Bertz CT molecular complexity index is 466. The van der Waals surface area contributed by atoms with Gasteiger partial charge in [0.1, 0.15) is 12.3 Å². The molecule has 1 aromatic heterocycles. The summed E-state index contributed by atoms with van der Waals surface area (Å²) in [6, 6.07) is 0. The average Bonchev–Trinajstić information content (AvgIpc) is 2.77. The van der Waals surface area contributed by atoms with E-state index >= 15 is 0 Å². The third-order valence-electron chi connectivity index (χ3n) is 3.77. The number of oxazole rings is 1. The van der Waals surface area contributed by atoms with Crippen LogP contribution in [0, 0.1) is 12.8 Å². The fourth-order valence-corrected chi connectivity index (χ4v) is 2.61.